The molecule has 7 nitrogen and oxygen atoms in total. The van der Waals surface area contributed by atoms with Gasteiger partial charge in [0, 0.05) is 5.56 Å². The van der Waals surface area contributed by atoms with Crippen molar-refractivity contribution in [2.45, 2.75) is 6.54 Å². The van der Waals surface area contributed by atoms with Crippen LogP contribution in [0.2, 0.25) is 0 Å². The number of carbonyl (C=O) groups is 3. The molecule has 0 aliphatic carbocycles. The number of fused-ring (bicyclic) bond motifs is 1. The number of benzene rings is 2. The third-order valence-electron chi connectivity index (χ3n) is 5.28. The standard InChI is InChI=1S/C21H22N4O3/c1-23-9-11-24(12-10-23)22-19(26)16-6-4-5-15(13-16)14-25-20(27)17-7-2-3-8-18(17)21(25)28/h2-8,13H,9-12,14H2,1H3,(H,22,26)/p+1. The van der Waals surface area contributed by atoms with Crippen molar-refractivity contribution in [1.82, 2.24) is 15.3 Å². The smallest absolute Gasteiger partial charge is 0.265 e. The molecule has 1 saturated heterocycles. The number of amides is 3. The summed E-state index contributed by atoms with van der Waals surface area (Å²) in [6.45, 7) is 3.74. The fourth-order valence-electron chi connectivity index (χ4n) is 3.58. The van der Waals surface area contributed by atoms with Gasteiger partial charge in [-0.25, -0.2) is 5.01 Å². The number of hydrazine groups is 1. The normalized spacial score (nSPS) is 17.7. The van der Waals surface area contributed by atoms with Crippen molar-refractivity contribution in [1.29, 1.82) is 0 Å². The number of piperazine rings is 1. The van der Waals surface area contributed by atoms with E-state index in [1.165, 1.54) is 9.80 Å². The van der Waals surface area contributed by atoms with Gasteiger partial charge in [0.15, 0.2) is 0 Å². The van der Waals surface area contributed by atoms with Crippen molar-refractivity contribution in [3.8, 4) is 0 Å². The fourth-order valence-corrected chi connectivity index (χ4v) is 3.58. The molecule has 0 bridgehead atoms. The van der Waals surface area contributed by atoms with E-state index in [2.05, 4.69) is 12.5 Å². The third-order valence-corrected chi connectivity index (χ3v) is 5.28. The molecule has 0 atom stereocenters. The minimum absolute atomic E-state index is 0.144. The fraction of sp³-hybridized carbons (Fsp3) is 0.286. The maximum Gasteiger partial charge on any atom is 0.265 e. The van der Waals surface area contributed by atoms with Crippen molar-refractivity contribution in [3.63, 3.8) is 0 Å². The average Bonchev–Trinajstić information content (AvgIpc) is 2.95. The number of rotatable bonds is 4. The summed E-state index contributed by atoms with van der Waals surface area (Å²) in [6.07, 6.45) is 0. The van der Waals surface area contributed by atoms with Crippen LogP contribution in [0.5, 0.6) is 0 Å². The summed E-state index contributed by atoms with van der Waals surface area (Å²) in [5.74, 6) is -0.769. The first-order valence-electron chi connectivity index (χ1n) is 9.44. The van der Waals surface area contributed by atoms with Crippen molar-refractivity contribution in [2.75, 3.05) is 33.2 Å². The van der Waals surface area contributed by atoms with E-state index in [0.29, 0.717) is 16.7 Å². The number of carbonyl (C=O) groups excluding carboxylic acids is 3. The summed E-state index contributed by atoms with van der Waals surface area (Å²) in [4.78, 5) is 40.3. The van der Waals surface area contributed by atoms with Crippen LogP contribution >= 0.6 is 0 Å². The Morgan fingerprint density at radius 1 is 1.00 bits per heavy atom. The summed E-state index contributed by atoms with van der Waals surface area (Å²) in [6, 6.07) is 13.9. The molecular weight excluding hydrogens is 356 g/mol. The number of hydrogen-bond donors (Lipinski definition) is 2. The minimum Gasteiger partial charge on any atom is -0.335 e. The Labute approximate surface area is 163 Å². The molecule has 0 saturated carbocycles. The lowest BCUT2D eigenvalue weighted by Crippen LogP contribution is -3.12. The van der Waals surface area contributed by atoms with Gasteiger partial charge in [-0.05, 0) is 29.8 Å². The second-order valence-electron chi connectivity index (χ2n) is 7.33. The van der Waals surface area contributed by atoms with E-state index in [4.69, 9.17) is 0 Å². The first kappa shape index (κ1) is 18.3. The number of nitrogens with zero attached hydrogens (tertiary/aromatic N) is 2. The summed E-state index contributed by atoms with van der Waals surface area (Å²) in [5, 5.41) is 1.94. The van der Waals surface area contributed by atoms with Crippen molar-refractivity contribution in [2.24, 2.45) is 0 Å². The van der Waals surface area contributed by atoms with Crippen LogP contribution in [0.3, 0.4) is 0 Å². The molecule has 0 spiro atoms. The lowest BCUT2D eigenvalue weighted by Gasteiger charge is -2.30. The van der Waals surface area contributed by atoms with Gasteiger partial charge < -0.3 is 4.90 Å². The van der Waals surface area contributed by atoms with Gasteiger partial charge in [-0.1, -0.05) is 24.3 Å². The Morgan fingerprint density at radius 3 is 2.29 bits per heavy atom. The van der Waals surface area contributed by atoms with E-state index >= 15 is 0 Å². The van der Waals surface area contributed by atoms with Gasteiger partial charge in [-0.2, -0.15) is 0 Å². The van der Waals surface area contributed by atoms with Crippen LogP contribution in [0.1, 0.15) is 36.6 Å². The SMILES string of the molecule is C[NH+]1CCN(NC(=O)c2cccc(CN3C(=O)c4ccccc4C3=O)c2)CC1. The highest BCUT2D eigenvalue weighted by Gasteiger charge is 2.35. The number of imide groups is 1. The quantitative estimate of drug-likeness (QED) is 0.731. The average molecular weight is 379 g/mol. The highest BCUT2D eigenvalue weighted by Crippen LogP contribution is 2.24. The maximum absolute atomic E-state index is 12.6. The molecule has 7 heteroatoms. The number of likely N-dealkylation sites (N-methyl/N-ethyl adjacent to an activating group) is 1. The van der Waals surface area contributed by atoms with E-state index in [1.54, 1.807) is 42.5 Å². The molecule has 2 aliphatic heterocycles. The summed E-state index contributed by atoms with van der Waals surface area (Å²) in [7, 11) is 2.14. The zero-order valence-corrected chi connectivity index (χ0v) is 15.8. The van der Waals surface area contributed by atoms with Crippen LogP contribution in [-0.4, -0.2) is 60.9 Å². The lowest BCUT2D eigenvalue weighted by atomic mass is 10.1. The minimum atomic E-state index is -0.296. The molecule has 144 valence electrons. The number of quaternary nitrogens is 1. The van der Waals surface area contributed by atoms with E-state index in [9.17, 15) is 14.4 Å². The van der Waals surface area contributed by atoms with Gasteiger partial charge >= 0.3 is 0 Å². The zero-order chi connectivity index (χ0) is 19.7. The number of nitrogens with one attached hydrogen (secondary N) is 2. The largest absolute Gasteiger partial charge is 0.335 e. The topological polar surface area (TPSA) is 74.2 Å². The van der Waals surface area contributed by atoms with Crippen LogP contribution < -0.4 is 10.3 Å². The van der Waals surface area contributed by atoms with Crippen molar-refractivity contribution >= 4 is 17.7 Å². The van der Waals surface area contributed by atoms with Gasteiger partial charge in [-0.15, -0.1) is 0 Å². The molecule has 3 amide bonds. The van der Waals surface area contributed by atoms with E-state index < -0.39 is 0 Å². The molecule has 28 heavy (non-hydrogen) atoms. The summed E-state index contributed by atoms with van der Waals surface area (Å²) >= 11 is 0. The molecule has 2 heterocycles. The van der Waals surface area contributed by atoms with E-state index in [-0.39, 0.29) is 24.3 Å². The molecule has 4 rings (SSSR count). The highest BCUT2D eigenvalue weighted by molar-refractivity contribution is 6.21. The molecule has 2 aliphatic rings. The monoisotopic (exact) mass is 379 g/mol. The second-order valence-corrected chi connectivity index (χ2v) is 7.33. The molecular formula is C21H23N4O3+. The molecule has 2 aromatic rings. The zero-order valence-electron chi connectivity index (χ0n) is 15.8. The lowest BCUT2D eigenvalue weighted by molar-refractivity contribution is -0.884. The molecule has 1 fully saturated rings. The van der Waals surface area contributed by atoms with Gasteiger partial charge in [0.1, 0.15) is 0 Å². The number of hydrogen-bond acceptors (Lipinski definition) is 4. The molecule has 0 unspecified atom stereocenters. The maximum atomic E-state index is 12.6. The third kappa shape index (κ3) is 3.54. The molecule has 2 N–H and O–H groups in total. The summed E-state index contributed by atoms with van der Waals surface area (Å²) < 4.78 is 0. The first-order valence-corrected chi connectivity index (χ1v) is 9.44. The van der Waals surface area contributed by atoms with Crippen molar-refractivity contribution in [3.05, 3.63) is 70.8 Å². The second kappa shape index (κ2) is 7.53. The van der Waals surface area contributed by atoms with Crippen LogP contribution in [0.4, 0.5) is 0 Å². The Kier molecular flexibility index (Phi) is 4.93. The highest BCUT2D eigenvalue weighted by atomic mass is 16.2. The van der Waals surface area contributed by atoms with Crippen LogP contribution in [0.15, 0.2) is 48.5 Å². The molecule has 0 aromatic heterocycles. The Morgan fingerprint density at radius 2 is 1.64 bits per heavy atom. The Bertz CT molecular complexity index is 900. The van der Waals surface area contributed by atoms with Gasteiger partial charge in [0.05, 0.1) is 50.9 Å². The molecule has 0 radical (unpaired) electrons. The summed E-state index contributed by atoms with van der Waals surface area (Å²) in [5.41, 5.74) is 5.06. The first-order chi connectivity index (χ1) is 13.5. The predicted octanol–water partition coefficient (Wildman–Crippen LogP) is -0.0421. The van der Waals surface area contributed by atoms with Crippen LogP contribution in [0.25, 0.3) is 0 Å². The van der Waals surface area contributed by atoms with Crippen LogP contribution in [0, 0.1) is 0 Å². The Balaban J connectivity index is 1.45. The van der Waals surface area contributed by atoms with Gasteiger partial charge in [0.25, 0.3) is 17.7 Å². The van der Waals surface area contributed by atoms with Crippen LogP contribution in [-0.2, 0) is 6.54 Å². The van der Waals surface area contributed by atoms with Crippen molar-refractivity contribution < 1.29 is 19.3 Å². The molecule has 2 aromatic carbocycles. The Hall–Kier alpha value is -3.03. The predicted molar refractivity (Wildman–Crippen MR) is 103 cm³/mol. The van der Waals surface area contributed by atoms with E-state index in [0.717, 1.165) is 31.7 Å². The van der Waals surface area contributed by atoms with E-state index in [1.807, 2.05) is 11.1 Å². The van der Waals surface area contributed by atoms with Gasteiger partial charge in [-0.3, -0.25) is 24.7 Å². The van der Waals surface area contributed by atoms with Gasteiger partial charge in [0.2, 0.25) is 0 Å².